The van der Waals surface area contributed by atoms with Crippen LogP contribution in [0.4, 0.5) is 5.69 Å². The van der Waals surface area contributed by atoms with Crippen molar-refractivity contribution in [3.63, 3.8) is 0 Å². The highest BCUT2D eigenvalue weighted by Crippen LogP contribution is 2.32. The Labute approximate surface area is 120 Å². The summed E-state index contributed by atoms with van der Waals surface area (Å²) in [5, 5.41) is 10.8. The van der Waals surface area contributed by atoms with Gasteiger partial charge in [-0.25, -0.2) is 4.98 Å². The largest absolute Gasteiger partial charge is 0.437 e. The molecule has 1 aromatic heterocycles. The summed E-state index contributed by atoms with van der Waals surface area (Å²) >= 11 is 5.94. The van der Waals surface area contributed by atoms with E-state index >= 15 is 0 Å². The Morgan fingerprint density at radius 1 is 1.40 bits per heavy atom. The van der Waals surface area contributed by atoms with E-state index < -0.39 is 4.92 Å². The molecule has 0 amide bonds. The zero-order chi connectivity index (χ0) is 14.7. The van der Waals surface area contributed by atoms with E-state index in [1.54, 1.807) is 18.3 Å². The van der Waals surface area contributed by atoms with E-state index in [9.17, 15) is 10.1 Å². The van der Waals surface area contributed by atoms with Crippen molar-refractivity contribution in [2.45, 2.75) is 13.0 Å². The Morgan fingerprint density at radius 2 is 2.15 bits per heavy atom. The molecule has 20 heavy (non-hydrogen) atoms. The van der Waals surface area contributed by atoms with E-state index in [1.165, 1.54) is 18.2 Å². The molecule has 2 aromatic rings. The van der Waals surface area contributed by atoms with Gasteiger partial charge in [-0.1, -0.05) is 11.6 Å². The lowest BCUT2D eigenvalue weighted by Crippen LogP contribution is -2.05. The lowest BCUT2D eigenvalue weighted by Gasteiger charge is -2.09. The number of nitrogens with two attached hydrogens (primary N) is 1. The van der Waals surface area contributed by atoms with Crippen molar-refractivity contribution in [2.75, 3.05) is 0 Å². The smallest absolute Gasteiger partial charge is 0.271 e. The second-order valence-corrected chi connectivity index (χ2v) is 4.60. The lowest BCUT2D eigenvalue weighted by molar-refractivity contribution is -0.384. The quantitative estimate of drug-likeness (QED) is 0.688. The summed E-state index contributed by atoms with van der Waals surface area (Å²) in [5.74, 6) is 0.627. The molecule has 0 spiro atoms. The molecule has 0 bridgehead atoms. The topological polar surface area (TPSA) is 91.3 Å². The van der Waals surface area contributed by atoms with Crippen LogP contribution in [-0.4, -0.2) is 9.91 Å². The highest BCUT2D eigenvalue weighted by atomic mass is 35.5. The molecule has 0 fully saturated rings. The van der Waals surface area contributed by atoms with E-state index in [0.717, 1.165) is 5.56 Å². The summed E-state index contributed by atoms with van der Waals surface area (Å²) in [4.78, 5) is 14.1. The molecule has 1 heterocycles. The van der Waals surface area contributed by atoms with Gasteiger partial charge in [-0.3, -0.25) is 10.1 Å². The third-order valence-corrected chi connectivity index (χ3v) is 2.92. The highest BCUT2D eigenvalue weighted by Gasteiger charge is 2.12. The van der Waals surface area contributed by atoms with Crippen LogP contribution in [0.3, 0.4) is 0 Å². The van der Waals surface area contributed by atoms with Crippen LogP contribution in [0.2, 0.25) is 5.02 Å². The number of hydrogen-bond acceptors (Lipinski definition) is 5. The normalized spacial score (nSPS) is 11.9. The van der Waals surface area contributed by atoms with Crippen LogP contribution in [0.1, 0.15) is 18.5 Å². The van der Waals surface area contributed by atoms with Crippen LogP contribution in [-0.2, 0) is 0 Å². The maximum atomic E-state index is 10.6. The molecule has 1 atom stereocenters. The average molecular weight is 294 g/mol. The molecule has 2 N–H and O–H groups in total. The van der Waals surface area contributed by atoms with E-state index in [-0.39, 0.29) is 16.8 Å². The number of nitrogens with zero attached hydrogens (tertiary/aromatic N) is 2. The summed E-state index contributed by atoms with van der Waals surface area (Å²) < 4.78 is 5.51. The molecular weight excluding hydrogens is 282 g/mol. The van der Waals surface area contributed by atoms with Crippen LogP contribution in [0.25, 0.3) is 0 Å². The van der Waals surface area contributed by atoms with E-state index in [2.05, 4.69) is 4.98 Å². The number of nitro groups is 1. The number of ether oxygens (including phenoxy) is 1. The number of rotatable bonds is 4. The van der Waals surface area contributed by atoms with Crippen LogP contribution >= 0.6 is 11.6 Å². The molecule has 7 heteroatoms. The zero-order valence-electron chi connectivity index (χ0n) is 10.6. The summed E-state index contributed by atoms with van der Waals surface area (Å²) in [5.41, 5.74) is 6.55. The minimum atomic E-state index is -0.523. The van der Waals surface area contributed by atoms with Crippen LogP contribution < -0.4 is 10.5 Å². The summed E-state index contributed by atoms with van der Waals surface area (Å²) in [6.45, 7) is 1.85. The van der Waals surface area contributed by atoms with Gasteiger partial charge in [0.25, 0.3) is 5.69 Å². The number of benzene rings is 1. The predicted octanol–water partition coefficient (Wildman–Crippen LogP) is 3.46. The van der Waals surface area contributed by atoms with Gasteiger partial charge in [-0.2, -0.15) is 0 Å². The second-order valence-electron chi connectivity index (χ2n) is 4.19. The lowest BCUT2D eigenvalue weighted by atomic mass is 10.1. The zero-order valence-corrected chi connectivity index (χ0v) is 11.4. The molecule has 0 aliphatic heterocycles. The Hall–Kier alpha value is -2.18. The van der Waals surface area contributed by atoms with E-state index in [0.29, 0.717) is 11.6 Å². The fourth-order valence-corrected chi connectivity index (χ4v) is 1.78. The number of aromatic nitrogens is 1. The monoisotopic (exact) mass is 293 g/mol. The van der Waals surface area contributed by atoms with Gasteiger partial charge >= 0.3 is 0 Å². The van der Waals surface area contributed by atoms with Crippen molar-refractivity contribution in [3.8, 4) is 11.6 Å². The minimum Gasteiger partial charge on any atom is -0.437 e. The number of nitro benzene ring substituents is 1. The van der Waals surface area contributed by atoms with Gasteiger partial charge in [0, 0.05) is 30.4 Å². The molecule has 6 nitrogen and oxygen atoms in total. The molecule has 0 unspecified atom stereocenters. The molecule has 0 saturated carbocycles. The van der Waals surface area contributed by atoms with E-state index in [4.69, 9.17) is 22.1 Å². The molecular formula is C13H12ClN3O3. The maximum Gasteiger partial charge on any atom is 0.271 e. The van der Waals surface area contributed by atoms with Crippen LogP contribution in [0.5, 0.6) is 11.6 Å². The fourth-order valence-electron chi connectivity index (χ4n) is 1.56. The molecule has 0 saturated heterocycles. The van der Waals surface area contributed by atoms with Crippen molar-refractivity contribution in [3.05, 3.63) is 57.2 Å². The van der Waals surface area contributed by atoms with E-state index in [1.807, 2.05) is 6.92 Å². The SMILES string of the molecule is C[C@@H](N)c1ccnc(Oc2ccc([N+](=O)[O-])cc2Cl)c1. The Bertz CT molecular complexity index is 647. The van der Waals surface area contributed by atoms with Crippen molar-refractivity contribution in [2.24, 2.45) is 5.73 Å². The number of hydrogen-bond donors (Lipinski definition) is 1. The van der Waals surface area contributed by atoms with Gasteiger partial charge in [-0.05, 0) is 24.6 Å². The maximum absolute atomic E-state index is 10.6. The van der Waals surface area contributed by atoms with Crippen molar-refractivity contribution < 1.29 is 9.66 Å². The standard InChI is InChI=1S/C13H12ClN3O3/c1-8(15)9-4-5-16-13(6-9)20-12-3-2-10(17(18)19)7-11(12)14/h2-8H,15H2,1H3/t8-/m1/s1. The Morgan fingerprint density at radius 3 is 2.75 bits per heavy atom. The van der Waals surface area contributed by atoms with Gasteiger partial charge in [0.15, 0.2) is 0 Å². The van der Waals surface area contributed by atoms with Crippen molar-refractivity contribution in [1.29, 1.82) is 0 Å². The molecule has 104 valence electrons. The van der Waals surface area contributed by atoms with Crippen LogP contribution in [0.15, 0.2) is 36.5 Å². The van der Waals surface area contributed by atoms with Gasteiger partial charge in [0.2, 0.25) is 5.88 Å². The first-order chi connectivity index (χ1) is 9.47. The average Bonchev–Trinajstić information content (AvgIpc) is 2.41. The third-order valence-electron chi connectivity index (χ3n) is 2.63. The molecule has 0 radical (unpaired) electrons. The molecule has 0 aliphatic rings. The van der Waals surface area contributed by atoms with Crippen molar-refractivity contribution in [1.82, 2.24) is 4.98 Å². The molecule has 0 aliphatic carbocycles. The molecule has 2 rings (SSSR count). The first-order valence-electron chi connectivity index (χ1n) is 5.80. The van der Waals surface area contributed by atoms with Gasteiger partial charge < -0.3 is 10.5 Å². The van der Waals surface area contributed by atoms with Crippen LogP contribution in [0, 0.1) is 10.1 Å². The summed E-state index contributed by atoms with van der Waals surface area (Å²) in [6, 6.07) is 7.31. The predicted molar refractivity (Wildman–Crippen MR) is 75.0 cm³/mol. The first kappa shape index (κ1) is 14.2. The highest BCUT2D eigenvalue weighted by molar-refractivity contribution is 6.32. The summed E-state index contributed by atoms with van der Waals surface area (Å²) in [6.07, 6.45) is 1.58. The van der Waals surface area contributed by atoms with Gasteiger partial charge in [0.1, 0.15) is 5.75 Å². The number of non-ortho nitro benzene ring substituents is 1. The Balaban J connectivity index is 2.26. The Kier molecular flexibility index (Phi) is 4.16. The second kappa shape index (κ2) is 5.85. The summed E-state index contributed by atoms with van der Waals surface area (Å²) in [7, 11) is 0. The van der Waals surface area contributed by atoms with Gasteiger partial charge in [-0.15, -0.1) is 0 Å². The molecule has 1 aromatic carbocycles. The first-order valence-corrected chi connectivity index (χ1v) is 6.18. The van der Waals surface area contributed by atoms with Gasteiger partial charge in [0.05, 0.1) is 9.95 Å². The number of halogens is 1. The van der Waals surface area contributed by atoms with Crippen molar-refractivity contribution >= 4 is 17.3 Å². The fraction of sp³-hybridized carbons (Fsp3) is 0.154. The third kappa shape index (κ3) is 3.23. The minimum absolute atomic E-state index is 0.0976. The number of pyridine rings is 1.